The Bertz CT molecular complexity index is 627. The zero-order valence-electron chi connectivity index (χ0n) is 11.2. The van der Waals surface area contributed by atoms with Gasteiger partial charge in [-0.2, -0.15) is 0 Å². The highest BCUT2D eigenvalue weighted by atomic mass is 16.2. The molecular formula is C14H19N3O2. The smallest absolute Gasteiger partial charge is 0.323 e. The van der Waals surface area contributed by atoms with E-state index in [2.05, 4.69) is 22.2 Å². The summed E-state index contributed by atoms with van der Waals surface area (Å²) in [6, 6.07) is 5.39. The molecule has 0 saturated carbocycles. The fourth-order valence-electron chi connectivity index (χ4n) is 2.06. The Kier molecular flexibility index (Phi) is 4.04. The lowest BCUT2D eigenvalue weighted by Gasteiger charge is -2.12. The molecule has 0 radical (unpaired) electrons. The van der Waals surface area contributed by atoms with Gasteiger partial charge in [0.2, 0.25) is 5.91 Å². The van der Waals surface area contributed by atoms with Crippen LogP contribution in [0.25, 0.3) is 11.0 Å². The summed E-state index contributed by atoms with van der Waals surface area (Å²) in [5.41, 5.74) is 1.72. The van der Waals surface area contributed by atoms with Crippen LogP contribution in [0.5, 0.6) is 0 Å². The van der Waals surface area contributed by atoms with Crippen LogP contribution in [0.4, 0.5) is 5.69 Å². The van der Waals surface area contributed by atoms with Gasteiger partial charge in [0.05, 0.1) is 16.7 Å². The van der Waals surface area contributed by atoms with Crippen molar-refractivity contribution in [1.29, 1.82) is 0 Å². The number of rotatable bonds is 5. The van der Waals surface area contributed by atoms with E-state index >= 15 is 0 Å². The van der Waals surface area contributed by atoms with Gasteiger partial charge in [-0.15, -0.1) is 0 Å². The third-order valence-corrected chi connectivity index (χ3v) is 3.25. The van der Waals surface area contributed by atoms with E-state index in [-0.39, 0.29) is 17.5 Å². The van der Waals surface area contributed by atoms with Crippen molar-refractivity contribution in [1.82, 2.24) is 9.97 Å². The summed E-state index contributed by atoms with van der Waals surface area (Å²) in [6.45, 7) is 4.03. The molecule has 0 fully saturated rings. The van der Waals surface area contributed by atoms with Gasteiger partial charge in [-0.05, 0) is 18.6 Å². The summed E-state index contributed by atoms with van der Waals surface area (Å²) < 4.78 is 0. The van der Waals surface area contributed by atoms with Crippen LogP contribution < -0.4 is 11.0 Å². The molecule has 5 heteroatoms. The molecule has 2 aromatic rings. The van der Waals surface area contributed by atoms with Crippen LogP contribution in [0.15, 0.2) is 23.0 Å². The molecule has 0 aliphatic carbocycles. The SMILES string of the molecule is CCCCC(C)C(=O)Nc1cccc2[nH]c(=O)[nH]c12. The number of H-pyrrole nitrogens is 2. The van der Waals surface area contributed by atoms with E-state index in [0.29, 0.717) is 16.7 Å². The minimum atomic E-state index is -0.268. The van der Waals surface area contributed by atoms with Gasteiger partial charge >= 0.3 is 5.69 Å². The zero-order valence-corrected chi connectivity index (χ0v) is 11.2. The summed E-state index contributed by atoms with van der Waals surface area (Å²) in [6.07, 6.45) is 3.00. The van der Waals surface area contributed by atoms with Crippen molar-refractivity contribution in [2.75, 3.05) is 5.32 Å². The van der Waals surface area contributed by atoms with Crippen LogP contribution in [0.1, 0.15) is 33.1 Å². The number of nitrogens with one attached hydrogen (secondary N) is 3. The van der Waals surface area contributed by atoms with E-state index in [1.54, 1.807) is 18.2 Å². The first-order valence-corrected chi connectivity index (χ1v) is 6.63. The second kappa shape index (κ2) is 5.73. The number of carbonyl (C=O) groups excluding carboxylic acids is 1. The average Bonchev–Trinajstić information content (AvgIpc) is 2.77. The number of imidazole rings is 1. The Morgan fingerprint density at radius 1 is 1.37 bits per heavy atom. The van der Waals surface area contributed by atoms with Crippen molar-refractivity contribution in [3.63, 3.8) is 0 Å². The number of para-hydroxylation sites is 1. The monoisotopic (exact) mass is 261 g/mol. The Hall–Kier alpha value is -2.04. The Balaban J connectivity index is 2.17. The van der Waals surface area contributed by atoms with Gasteiger partial charge in [-0.1, -0.05) is 32.8 Å². The molecule has 19 heavy (non-hydrogen) atoms. The minimum absolute atomic E-state index is 0.0111. The molecule has 1 amide bonds. The van der Waals surface area contributed by atoms with Crippen molar-refractivity contribution >= 4 is 22.6 Å². The number of benzene rings is 1. The van der Waals surface area contributed by atoms with Crippen LogP contribution >= 0.6 is 0 Å². The van der Waals surface area contributed by atoms with Gasteiger partial charge in [-0.25, -0.2) is 4.79 Å². The molecule has 1 unspecified atom stereocenters. The fourth-order valence-corrected chi connectivity index (χ4v) is 2.06. The number of unbranched alkanes of at least 4 members (excludes halogenated alkanes) is 1. The van der Waals surface area contributed by atoms with Gasteiger partial charge in [-0.3, -0.25) is 4.79 Å². The van der Waals surface area contributed by atoms with Gasteiger partial charge in [0, 0.05) is 5.92 Å². The van der Waals surface area contributed by atoms with E-state index in [0.717, 1.165) is 19.3 Å². The maximum atomic E-state index is 12.1. The van der Waals surface area contributed by atoms with E-state index in [9.17, 15) is 9.59 Å². The maximum Gasteiger partial charge on any atom is 0.323 e. The highest BCUT2D eigenvalue weighted by molar-refractivity contribution is 6.00. The minimum Gasteiger partial charge on any atom is -0.324 e. The van der Waals surface area contributed by atoms with Crippen molar-refractivity contribution in [3.05, 3.63) is 28.7 Å². The topological polar surface area (TPSA) is 77.8 Å². The van der Waals surface area contributed by atoms with Crippen LogP contribution in [0.2, 0.25) is 0 Å². The molecule has 3 N–H and O–H groups in total. The van der Waals surface area contributed by atoms with Crippen molar-refractivity contribution in [3.8, 4) is 0 Å². The Morgan fingerprint density at radius 3 is 2.89 bits per heavy atom. The molecule has 5 nitrogen and oxygen atoms in total. The maximum absolute atomic E-state index is 12.1. The highest BCUT2D eigenvalue weighted by Crippen LogP contribution is 2.20. The number of hydrogen-bond acceptors (Lipinski definition) is 2. The van der Waals surface area contributed by atoms with Crippen LogP contribution in [0, 0.1) is 5.92 Å². The van der Waals surface area contributed by atoms with Crippen molar-refractivity contribution in [2.24, 2.45) is 5.92 Å². The molecular weight excluding hydrogens is 242 g/mol. The number of aromatic nitrogens is 2. The highest BCUT2D eigenvalue weighted by Gasteiger charge is 2.14. The molecule has 2 rings (SSSR count). The summed E-state index contributed by atoms with van der Waals surface area (Å²) in [7, 11) is 0. The van der Waals surface area contributed by atoms with Gasteiger partial charge < -0.3 is 15.3 Å². The Labute approximate surface area is 111 Å². The van der Waals surface area contributed by atoms with E-state index < -0.39 is 0 Å². The molecule has 102 valence electrons. The summed E-state index contributed by atoms with van der Waals surface area (Å²) in [5, 5.41) is 2.88. The second-order valence-corrected chi connectivity index (χ2v) is 4.84. The molecule has 0 aliphatic heterocycles. The largest absolute Gasteiger partial charge is 0.324 e. The number of anilines is 1. The van der Waals surface area contributed by atoms with E-state index in [4.69, 9.17) is 0 Å². The zero-order chi connectivity index (χ0) is 13.8. The predicted molar refractivity (Wildman–Crippen MR) is 76.2 cm³/mol. The fraction of sp³-hybridized carbons (Fsp3) is 0.429. The molecule has 1 heterocycles. The summed E-state index contributed by atoms with van der Waals surface area (Å²) in [5.74, 6) is -0.0381. The average molecular weight is 261 g/mol. The number of carbonyl (C=O) groups is 1. The Morgan fingerprint density at radius 2 is 2.16 bits per heavy atom. The molecule has 0 saturated heterocycles. The van der Waals surface area contributed by atoms with Crippen LogP contribution in [0.3, 0.4) is 0 Å². The summed E-state index contributed by atoms with van der Waals surface area (Å²) in [4.78, 5) is 28.7. The molecule has 0 aliphatic rings. The quantitative estimate of drug-likeness (QED) is 0.773. The standard InChI is InChI=1S/C14H19N3O2/c1-3-4-6-9(2)13(18)15-10-7-5-8-11-12(10)17-14(19)16-11/h5,7-9H,3-4,6H2,1-2H3,(H,15,18)(H2,16,17,19). The molecule has 0 bridgehead atoms. The van der Waals surface area contributed by atoms with Gasteiger partial charge in [0.15, 0.2) is 0 Å². The van der Waals surface area contributed by atoms with Gasteiger partial charge in [0.1, 0.15) is 0 Å². The third-order valence-electron chi connectivity index (χ3n) is 3.25. The van der Waals surface area contributed by atoms with Crippen LogP contribution in [-0.4, -0.2) is 15.9 Å². The molecule has 1 aromatic carbocycles. The van der Waals surface area contributed by atoms with Crippen molar-refractivity contribution < 1.29 is 4.79 Å². The third kappa shape index (κ3) is 3.05. The van der Waals surface area contributed by atoms with E-state index in [1.807, 2.05) is 6.92 Å². The molecule has 1 atom stereocenters. The lowest BCUT2D eigenvalue weighted by atomic mass is 10.0. The van der Waals surface area contributed by atoms with Crippen LogP contribution in [-0.2, 0) is 4.79 Å². The lowest BCUT2D eigenvalue weighted by molar-refractivity contribution is -0.119. The first-order valence-electron chi connectivity index (χ1n) is 6.63. The number of fused-ring (bicyclic) bond motifs is 1. The lowest BCUT2D eigenvalue weighted by Crippen LogP contribution is -2.20. The second-order valence-electron chi connectivity index (χ2n) is 4.84. The summed E-state index contributed by atoms with van der Waals surface area (Å²) >= 11 is 0. The molecule has 0 spiro atoms. The van der Waals surface area contributed by atoms with E-state index in [1.165, 1.54) is 0 Å². The van der Waals surface area contributed by atoms with Crippen molar-refractivity contribution in [2.45, 2.75) is 33.1 Å². The first kappa shape index (κ1) is 13.4. The number of hydrogen-bond donors (Lipinski definition) is 3. The predicted octanol–water partition coefficient (Wildman–Crippen LogP) is 2.62. The van der Waals surface area contributed by atoms with Gasteiger partial charge in [0.25, 0.3) is 0 Å². The number of amides is 1. The number of aromatic amines is 2. The normalized spacial score (nSPS) is 12.5. The first-order chi connectivity index (χ1) is 9.11. The molecule has 1 aromatic heterocycles.